The number of nitrogens with zero attached hydrogens (tertiary/aromatic N) is 1. The van der Waals surface area contributed by atoms with Gasteiger partial charge < -0.3 is 11.1 Å². The van der Waals surface area contributed by atoms with E-state index in [0.717, 1.165) is 15.1 Å². The fourth-order valence-corrected chi connectivity index (χ4v) is 2.90. The first-order valence-corrected chi connectivity index (χ1v) is 6.31. The molecule has 6 heteroatoms. The zero-order chi connectivity index (χ0) is 12.4. The molecule has 0 aliphatic carbocycles. The Bertz CT molecular complexity index is 555. The molecule has 0 radical (unpaired) electrons. The Hall–Kier alpha value is -1.17. The monoisotopic (exact) mass is 269 g/mol. The van der Waals surface area contributed by atoms with Crippen LogP contribution >= 0.6 is 22.9 Å². The van der Waals surface area contributed by atoms with E-state index in [-0.39, 0.29) is 5.91 Å². The van der Waals surface area contributed by atoms with E-state index in [4.69, 9.17) is 17.3 Å². The number of pyridine rings is 1. The predicted octanol–water partition coefficient (Wildman–Crippen LogP) is 1.57. The third kappa shape index (κ3) is 2.57. The lowest BCUT2D eigenvalue weighted by Gasteiger charge is -2.07. The number of carbonyl (C=O) groups is 1. The summed E-state index contributed by atoms with van der Waals surface area (Å²) in [5.74, 6) is -0.165. The van der Waals surface area contributed by atoms with E-state index in [1.807, 2.05) is 6.07 Å². The highest BCUT2D eigenvalue weighted by Gasteiger charge is 2.14. The highest BCUT2D eigenvalue weighted by molar-refractivity contribution is 7.19. The summed E-state index contributed by atoms with van der Waals surface area (Å²) in [7, 11) is 1.57. The summed E-state index contributed by atoms with van der Waals surface area (Å²) < 4.78 is 0.938. The number of thiophene rings is 1. The van der Waals surface area contributed by atoms with Crippen molar-refractivity contribution in [3.05, 3.63) is 28.2 Å². The van der Waals surface area contributed by atoms with Gasteiger partial charge in [-0.05, 0) is 12.1 Å². The number of amides is 1. The van der Waals surface area contributed by atoms with Crippen molar-refractivity contribution in [3.8, 4) is 0 Å². The van der Waals surface area contributed by atoms with E-state index in [0.29, 0.717) is 11.4 Å². The van der Waals surface area contributed by atoms with E-state index in [1.54, 1.807) is 19.3 Å². The quantitative estimate of drug-likeness (QED) is 0.889. The molecular formula is C11H12ClN3OS. The van der Waals surface area contributed by atoms with Gasteiger partial charge in [-0.2, -0.15) is 0 Å². The Balaban J connectivity index is 2.26. The molecule has 0 saturated carbocycles. The van der Waals surface area contributed by atoms with Gasteiger partial charge >= 0.3 is 0 Å². The molecule has 2 aromatic heterocycles. The standard InChI is InChI=1S/C11H12ClN3OS/c1-14-11(16)8(13)4-6-5-9-10(17-6)7(12)2-3-15-9/h2-3,5,8H,4,13H2,1H3,(H,14,16). The second kappa shape index (κ2) is 5.00. The van der Waals surface area contributed by atoms with Crippen LogP contribution < -0.4 is 11.1 Å². The predicted molar refractivity (Wildman–Crippen MR) is 70.4 cm³/mol. The minimum atomic E-state index is -0.535. The average molecular weight is 270 g/mol. The zero-order valence-electron chi connectivity index (χ0n) is 9.24. The lowest BCUT2D eigenvalue weighted by molar-refractivity contribution is -0.121. The SMILES string of the molecule is CNC(=O)C(N)Cc1cc2nccc(Cl)c2s1. The number of fused-ring (bicyclic) bond motifs is 1. The number of nitrogens with one attached hydrogen (secondary N) is 1. The molecule has 0 spiro atoms. The Labute approximate surface area is 108 Å². The second-order valence-corrected chi connectivity index (χ2v) is 5.19. The van der Waals surface area contributed by atoms with Gasteiger partial charge in [-0.25, -0.2) is 0 Å². The molecule has 2 heterocycles. The molecule has 0 saturated heterocycles. The fourth-order valence-electron chi connectivity index (χ4n) is 1.55. The Morgan fingerprint density at radius 3 is 3.12 bits per heavy atom. The van der Waals surface area contributed by atoms with Gasteiger partial charge in [0.2, 0.25) is 5.91 Å². The number of nitrogens with two attached hydrogens (primary N) is 1. The fraction of sp³-hybridized carbons (Fsp3) is 0.273. The Morgan fingerprint density at radius 2 is 2.47 bits per heavy atom. The van der Waals surface area contributed by atoms with E-state index in [2.05, 4.69) is 10.3 Å². The smallest absolute Gasteiger partial charge is 0.237 e. The Kier molecular flexibility index (Phi) is 3.61. The summed E-state index contributed by atoms with van der Waals surface area (Å²) in [5.41, 5.74) is 6.61. The van der Waals surface area contributed by atoms with Crippen LogP contribution in [0.4, 0.5) is 0 Å². The largest absolute Gasteiger partial charge is 0.358 e. The average Bonchev–Trinajstić information content (AvgIpc) is 2.72. The molecular weight excluding hydrogens is 258 g/mol. The first kappa shape index (κ1) is 12.3. The maximum atomic E-state index is 11.3. The van der Waals surface area contributed by atoms with Gasteiger partial charge in [0.1, 0.15) is 0 Å². The van der Waals surface area contributed by atoms with Crippen LogP contribution in [-0.4, -0.2) is 24.0 Å². The van der Waals surface area contributed by atoms with Gasteiger partial charge in [-0.3, -0.25) is 9.78 Å². The number of carbonyl (C=O) groups excluding carboxylic acids is 1. The van der Waals surface area contributed by atoms with Gasteiger partial charge in [-0.1, -0.05) is 11.6 Å². The maximum Gasteiger partial charge on any atom is 0.237 e. The van der Waals surface area contributed by atoms with Crippen LogP contribution in [0.3, 0.4) is 0 Å². The summed E-state index contributed by atoms with van der Waals surface area (Å²) in [6.45, 7) is 0. The van der Waals surface area contributed by atoms with Crippen LogP contribution in [0, 0.1) is 0 Å². The van der Waals surface area contributed by atoms with Crippen molar-refractivity contribution in [2.75, 3.05) is 7.05 Å². The van der Waals surface area contributed by atoms with Crippen molar-refractivity contribution >= 4 is 39.1 Å². The minimum absolute atomic E-state index is 0.165. The van der Waals surface area contributed by atoms with Gasteiger partial charge in [0.05, 0.1) is 21.3 Å². The molecule has 1 amide bonds. The molecule has 0 aliphatic rings. The summed E-state index contributed by atoms with van der Waals surface area (Å²) >= 11 is 7.58. The number of hydrogen-bond acceptors (Lipinski definition) is 4. The molecule has 0 fully saturated rings. The number of halogens is 1. The lowest BCUT2D eigenvalue weighted by Crippen LogP contribution is -2.40. The van der Waals surface area contributed by atoms with Crippen LogP contribution in [0.2, 0.25) is 5.02 Å². The molecule has 0 bridgehead atoms. The molecule has 0 aliphatic heterocycles. The van der Waals surface area contributed by atoms with E-state index in [9.17, 15) is 4.79 Å². The number of aromatic nitrogens is 1. The third-order valence-electron chi connectivity index (χ3n) is 2.42. The van der Waals surface area contributed by atoms with Gasteiger partial charge in [0, 0.05) is 24.5 Å². The van der Waals surface area contributed by atoms with Crippen LogP contribution in [0.5, 0.6) is 0 Å². The number of hydrogen-bond donors (Lipinski definition) is 2. The first-order valence-electron chi connectivity index (χ1n) is 5.12. The second-order valence-electron chi connectivity index (χ2n) is 3.64. The normalized spacial score (nSPS) is 12.6. The van der Waals surface area contributed by atoms with Crippen LogP contribution in [0.1, 0.15) is 4.88 Å². The zero-order valence-corrected chi connectivity index (χ0v) is 10.8. The first-order chi connectivity index (χ1) is 8.11. The summed E-state index contributed by atoms with van der Waals surface area (Å²) in [6, 6.07) is 3.14. The van der Waals surface area contributed by atoms with Crippen LogP contribution in [-0.2, 0) is 11.2 Å². The molecule has 1 atom stereocenters. The minimum Gasteiger partial charge on any atom is -0.358 e. The van der Waals surface area contributed by atoms with E-state index < -0.39 is 6.04 Å². The summed E-state index contributed by atoms with van der Waals surface area (Å²) in [4.78, 5) is 16.6. The van der Waals surface area contributed by atoms with Crippen molar-refractivity contribution < 1.29 is 4.79 Å². The van der Waals surface area contributed by atoms with Gasteiger partial charge in [-0.15, -0.1) is 11.3 Å². The van der Waals surface area contributed by atoms with Crippen molar-refractivity contribution in [1.82, 2.24) is 10.3 Å². The molecule has 17 heavy (non-hydrogen) atoms. The van der Waals surface area contributed by atoms with Gasteiger partial charge in [0.25, 0.3) is 0 Å². The summed E-state index contributed by atoms with van der Waals surface area (Å²) in [5, 5.41) is 3.21. The van der Waals surface area contributed by atoms with Crippen LogP contribution in [0.25, 0.3) is 10.2 Å². The van der Waals surface area contributed by atoms with Crippen LogP contribution in [0.15, 0.2) is 18.3 Å². The maximum absolute atomic E-state index is 11.3. The molecule has 3 N–H and O–H groups in total. The lowest BCUT2D eigenvalue weighted by atomic mass is 10.2. The van der Waals surface area contributed by atoms with Gasteiger partial charge in [0.15, 0.2) is 0 Å². The molecule has 0 aromatic carbocycles. The topological polar surface area (TPSA) is 68.0 Å². The molecule has 90 valence electrons. The number of rotatable bonds is 3. The van der Waals surface area contributed by atoms with Crippen molar-refractivity contribution in [2.24, 2.45) is 5.73 Å². The number of likely N-dealkylation sites (N-methyl/N-ethyl adjacent to an activating group) is 1. The highest BCUT2D eigenvalue weighted by atomic mass is 35.5. The van der Waals surface area contributed by atoms with Crippen molar-refractivity contribution in [2.45, 2.75) is 12.5 Å². The highest BCUT2D eigenvalue weighted by Crippen LogP contribution is 2.30. The van der Waals surface area contributed by atoms with E-state index in [1.165, 1.54) is 11.3 Å². The van der Waals surface area contributed by atoms with Crippen molar-refractivity contribution in [1.29, 1.82) is 0 Å². The summed E-state index contributed by atoms with van der Waals surface area (Å²) in [6.07, 6.45) is 2.16. The Morgan fingerprint density at radius 1 is 1.71 bits per heavy atom. The third-order valence-corrected chi connectivity index (χ3v) is 4.03. The molecule has 2 aromatic rings. The van der Waals surface area contributed by atoms with E-state index >= 15 is 0 Å². The molecule has 2 rings (SSSR count). The molecule has 1 unspecified atom stereocenters. The molecule has 4 nitrogen and oxygen atoms in total. The van der Waals surface area contributed by atoms with Crippen molar-refractivity contribution in [3.63, 3.8) is 0 Å².